The van der Waals surface area contributed by atoms with Crippen molar-refractivity contribution in [3.05, 3.63) is 30.5 Å². The SMILES string of the molecule is Oc1ccc2ccnc(N(CCCl)CC(F)F)c2c1. The number of benzene rings is 1. The first-order valence-corrected chi connectivity index (χ1v) is 6.32. The Morgan fingerprint density at radius 2 is 2.11 bits per heavy atom. The molecule has 0 amide bonds. The molecule has 1 aromatic carbocycles. The fourth-order valence-electron chi connectivity index (χ4n) is 1.95. The van der Waals surface area contributed by atoms with Crippen molar-refractivity contribution in [1.82, 2.24) is 4.98 Å². The first-order chi connectivity index (χ1) is 9.11. The van der Waals surface area contributed by atoms with Gasteiger partial charge in [0.2, 0.25) is 0 Å². The Morgan fingerprint density at radius 1 is 1.32 bits per heavy atom. The molecule has 0 atom stereocenters. The lowest BCUT2D eigenvalue weighted by molar-refractivity contribution is 0.155. The summed E-state index contributed by atoms with van der Waals surface area (Å²) in [4.78, 5) is 5.57. The summed E-state index contributed by atoms with van der Waals surface area (Å²) < 4.78 is 25.2. The fourth-order valence-corrected chi connectivity index (χ4v) is 2.15. The quantitative estimate of drug-likeness (QED) is 0.857. The van der Waals surface area contributed by atoms with Crippen LogP contribution in [0.5, 0.6) is 5.75 Å². The molecule has 1 heterocycles. The van der Waals surface area contributed by atoms with Crippen molar-refractivity contribution in [3.63, 3.8) is 0 Å². The largest absolute Gasteiger partial charge is 0.508 e. The summed E-state index contributed by atoms with van der Waals surface area (Å²) in [5.74, 6) is 0.711. The molecule has 0 saturated heterocycles. The lowest BCUT2D eigenvalue weighted by atomic mass is 10.1. The number of fused-ring (bicyclic) bond motifs is 1. The van der Waals surface area contributed by atoms with Gasteiger partial charge in [-0.05, 0) is 23.6 Å². The zero-order valence-corrected chi connectivity index (χ0v) is 10.8. The van der Waals surface area contributed by atoms with E-state index in [0.717, 1.165) is 5.39 Å². The smallest absolute Gasteiger partial charge is 0.255 e. The van der Waals surface area contributed by atoms with Crippen LogP contribution >= 0.6 is 11.6 Å². The Kier molecular flexibility index (Phi) is 4.37. The lowest BCUT2D eigenvalue weighted by Crippen LogP contribution is -2.31. The highest BCUT2D eigenvalue weighted by Gasteiger charge is 2.16. The third-order valence-corrected chi connectivity index (χ3v) is 2.91. The van der Waals surface area contributed by atoms with Gasteiger partial charge in [0.15, 0.2) is 0 Å². The minimum atomic E-state index is -2.47. The maximum Gasteiger partial charge on any atom is 0.255 e. The standard InChI is InChI=1S/C13H13ClF2N2O/c14-4-6-18(8-12(15)16)13-11-7-10(19)2-1-9(11)3-5-17-13/h1-3,5,7,12,19H,4,6,8H2. The van der Waals surface area contributed by atoms with Crippen LogP contribution in [-0.4, -0.2) is 35.5 Å². The molecule has 0 spiro atoms. The summed E-state index contributed by atoms with van der Waals surface area (Å²) in [6.07, 6.45) is -0.918. The number of anilines is 1. The van der Waals surface area contributed by atoms with Crippen LogP contribution < -0.4 is 4.90 Å². The molecule has 102 valence electrons. The number of halogens is 3. The molecular formula is C13H13ClF2N2O. The van der Waals surface area contributed by atoms with E-state index in [1.807, 2.05) is 0 Å². The molecule has 1 N–H and O–H groups in total. The Labute approximate surface area is 114 Å². The van der Waals surface area contributed by atoms with Crippen molar-refractivity contribution < 1.29 is 13.9 Å². The second-order valence-corrected chi connectivity index (χ2v) is 4.44. The number of nitrogens with zero attached hydrogens (tertiary/aromatic N) is 2. The van der Waals surface area contributed by atoms with Gasteiger partial charge < -0.3 is 10.0 Å². The third-order valence-electron chi connectivity index (χ3n) is 2.74. The van der Waals surface area contributed by atoms with Gasteiger partial charge in [-0.3, -0.25) is 0 Å². The zero-order chi connectivity index (χ0) is 13.8. The number of rotatable bonds is 5. The molecule has 6 heteroatoms. The molecule has 3 nitrogen and oxygen atoms in total. The molecule has 0 aliphatic rings. The second-order valence-electron chi connectivity index (χ2n) is 4.07. The van der Waals surface area contributed by atoms with Gasteiger partial charge in [-0.25, -0.2) is 13.8 Å². The second kappa shape index (κ2) is 6.02. The van der Waals surface area contributed by atoms with E-state index in [2.05, 4.69) is 4.98 Å². The molecule has 0 aliphatic heterocycles. The summed E-state index contributed by atoms with van der Waals surface area (Å²) in [5.41, 5.74) is 0. The van der Waals surface area contributed by atoms with E-state index in [-0.39, 0.29) is 18.2 Å². The minimum Gasteiger partial charge on any atom is -0.508 e. The van der Waals surface area contributed by atoms with Crippen molar-refractivity contribution in [3.8, 4) is 5.75 Å². The molecule has 0 bridgehead atoms. The van der Waals surface area contributed by atoms with E-state index in [1.165, 1.54) is 11.0 Å². The Bertz CT molecular complexity index is 565. The first kappa shape index (κ1) is 13.8. The number of hydrogen-bond donors (Lipinski definition) is 1. The topological polar surface area (TPSA) is 36.4 Å². The molecule has 1 aromatic heterocycles. The van der Waals surface area contributed by atoms with Crippen LogP contribution in [-0.2, 0) is 0 Å². The van der Waals surface area contributed by atoms with Crippen LogP contribution in [0.1, 0.15) is 0 Å². The number of hydrogen-bond acceptors (Lipinski definition) is 3. The maximum atomic E-state index is 12.6. The van der Waals surface area contributed by atoms with Crippen molar-refractivity contribution in [2.45, 2.75) is 6.43 Å². The van der Waals surface area contributed by atoms with Gasteiger partial charge >= 0.3 is 0 Å². The van der Waals surface area contributed by atoms with Crippen LogP contribution in [0, 0.1) is 0 Å². The number of phenols is 1. The van der Waals surface area contributed by atoms with Crippen LogP contribution in [0.25, 0.3) is 10.8 Å². The number of alkyl halides is 3. The van der Waals surface area contributed by atoms with Crippen LogP contribution in [0.2, 0.25) is 0 Å². The molecule has 19 heavy (non-hydrogen) atoms. The highest BCUT2D eigenvalue weighted by molar-refractivity contribution is 6.18. The Morgan fingerprint density at radius 3 is 2.79 bits per heavy atom. The number of aromatic nitrogens is 1. The zero-order valence-electron chi connectivity index (χ0n) is 10.1. The van der Waals surface area contributed by atoms with Crippen molar-refractivity contribution in [2.24, 2.45) is 0 Å². The molecule has 0 saturated carbocycles. The van der Waals surface area contributed by atoms with E-state index in [4.69, 9.17) is 11.6 Å². The third kappa shape index (κ3) is 3.23. The number of phenolic OH excluding ortho intramolecular Hbond substituents is 1. The first-order valence-electron chi connectivity index (χ1n) is 5.78. The molecule has 0 aliphatic carbocycles. The maximum absolute atomic E-state index is 12.6. The van der Waals surface area contributed by atoms with Gasteiger partial charge in [0.1, 0.15) is 11.6 Å². The molecular weight excluding hydrogens is 274 g/mol. The van der Waals surface area contributed by atoms with Crippen molar-refractivity contribution in [1.29, 1.82) is 0 Å². The van der Waals surface area contributed by atoms with Crippen LogP contribution in [0.3, 0.4) is 0 Å². The molecule has 0 fully saturated rings. The number of pyridine rings is 1. The predicted octanol–water partition coefficient (Wildman–Crippen LogP) is 3.25. The van der Waals surface area contributed by atoms with Crippen molar-refractivity contribution >= 4 is 28.2 Å². The fraction of sp³-hybridized carbons (Fsp3) is 0.308. The highest BCUT2D eigenvalue weighted by Crippen LogP contribution is 2.28. The molecule has 2 aromatic rings. The van der Waals surface area contributed by atoms with Gasteiger partial charge in [-0.2, -0.15) is 0 Å². The van der Waals surface area contributed by atoms with Crippen LogP contribution in [0.4, 0.5) is 14.6 Å². The van der Waals surface area contributed by atoms with Crippen molar-refractivity contribution in [2.75, 3.05) is 23.9 Å². The molecule has 2 rings (SSSR count). The minimum absolute atomic E-state index is 0.0737. The summed E-state index contributed by atoms with van der Waals surface area (Å²) in [7, 11) is 0. The van der Waals surface area contributed by atoms with E-state index in [1.54, 1.807) is 24.4 Å². The Hall–Kier alpha value is -1.62. The molecule has 0 unspecified atom stereocenters. The van der Waals surface area contributed by atoms with E-state index in [0.29, 0.717) is 11.2 Å². The highest BCUT2D eigenvalue weighted by atomic mass is 35.5. The van der Waals surface area contributed by atoms with Gasteiger partial charge in [0.05, 0.1) is 6.54 Å². The van der Waals surface area contributed by atoms with E-state index in [9.17, 15) is 13.9 Å². The summed E-state index contributed by atoms with van der Waals surface area (Å²) >= 11 is 5.65. The van der Waals surface area contributed by atoms with Gasteiger partial charge in [0, 0.05) is 24.0 Å². The van der Waals surface area contributed by atoms with E-state index < -0.39 is 13.0 Å². The van der Waals surface area contributed by atoms with Gasteiger partial charge in [0.25, 0.3) is 6.43 Å². The predicted molar refractivity (Wildman–Crippen MR) is 72.3 cm³/mol. The summed E-state index contributed by atoms with van der Waals surface area (Å²) in [6, 6.07) is 6.55. The number of aromatic hydroxyl groups is 1. The lowest BCUT2D eigenvalue weighted by Gasteiger charge is -2.23. The van der Waals surface area contributed by atoms with Crippen LogP contribution in [0.15, 0.2) is 30.5 Å². The van der Waals surface area contributed by atoms with Gasteiger partial charge in [-0.15, -0.1) is 11.6 Å². The summed E-state index contributed by atoms with van der Waals surface area (Å²) in [6.45, 7) is -0.165. The summed E-state index contributed by atoms with van der Waals surface area (Å²) in [5, 5.41) is 11.0. The van der Waals surface area contributed by atoms with E-state index >= 15 is 0 Å². The Balaban J connectivity index is 2.48. The molecule has 0 radical (unpaired) electrons. The monoisotopic (exact) mass is 286 g/mol. The average Bonchev–Trinajstić information content (AvgIpc) is 2.37. The average molecular weight is 287 g/mol. The van der Waals surface area contributed by atoms with Gasteiger partial charge in [-0.1, -0.05) is 6.07 Å². The normalized spacial score (nSPS) is 11.2.